The zero-order valence-corrected chi connectivity index (χ0v) is 24.6. The van der Waals surface area contributed by atoms with E-state index in [4.69, 9.17) is 0 Å². The molecule has 41 heavy (non-hydrogen) atoms. The number of fused-ring (bicyclic) bond motifs is 3. The smallest absolute Gasteiger partial charge is 0.286 e. The molecule has 1 aliphatic heterocycles. The molecule has 3 N–H and O–H groups in total. The molecule has 1 aliphatic rings. The summed E-state index contributed by atoms with van der Waals surface area (Å²) in [5.74, 6) is -0.493. The van der Waals surface area contributed by atoms with Crippen molar-refractivity contribution >= 4 is 64.4 Å². The van der Waals surface area contributed by atoms with Gasteiger partial charge in [-0.2, -0.15) is 29.8 Å². The van der Waals surface area contributed by atoms with Crippen LogP contribution in [-0.4, -0.2) is 67.7 Å². The zero-order valence-electron chi connectivity index (χ0n) is 22.2. The predicted octanol–water partition coefficient (Wildman–Crippen LogP) is 4.34. The standard InChI is InChI=1S/C27H28N2O9S3/c1-27(2)25(11-6-7-14-28-19-9-4-3-5-10-19)29(15-8-16-39(30,31)32)23-13-12-21-22(26(23)27)17-20(40(33,34)35)18-24(21)41(36,37)38/h3-6,9-14,17-18H,7-8,15-16H2,1-2H3,(H2-,30,31,32,33,34,35,36,37,38)/p+1. The summed E-state index contributed by atoms with van der Waals surface area (Å²) in [6.45, 7) is 3.82. The van der Waals surface area contributed by atoms with E-state index in [-0.39, 0.29) is 23.7 Å². The van der Waals surface area contributed by atoms with Crippen LogP contribution in [-0.2, 0) is 35.8 Å². The van der Waals surface area contributed by atoms with Crippen LogP contribution in [0.4, 0.5) is 11.4 Å². The van der Waals surface area contributed by atoms with E-state index in [0.717, 1.165) is 11.8 Å². The van der Waals surface area contributed by atoms with E-state index < -0.39 is 51.3 Å². The number of hydrogen-bond donors (Lipinski definition) is 3. The molecule has 1 heterocycles. The van der Waals surface area contributed by atoms with Crippen molar-refractivity contribution in [2.24, 2.45) is 4.99 Å². The molecule has 0 saturated heterocycles. The molecule has 218 valence electrons. The maximum Gasteiger partial charge on any atom is 0.295 e. The third-order valence-corrected chi connectivity index (χ3v) is 9.30. The maximum atomic E-state index is 12.2. The number of nitrogens with zero attached hydrogens (tertiary/aromatic N) is 2. The molecular weight excluding hydrogens is 593 g/mol. The Morgan fingerprint density at radius 1 is 0.878 bits per heavy atom. The summed E-state index contributed by atoms with van der Waals surface area (Å²) in [7, 11) is -14.0. The minimum atomic E-state index is -4.89. The van der Waals surface area contributed by atoms with E-state index in [1.54, 1.807) is 12.3 Å². The summed E-state index contributed by atoms with van der Waals surface area (Å²) < 4.78 is 102. The Morgan fingerprint density at radius 3 is 2.17 bits per heavy atom. The fraction of sp³-hybridized carbons (Fsp3) is 0.259. The van der Waals surface area contributed by atoms with Gasteiger partial charge in [-0.25, -0.2) is 0 Å². The van der Waals surface area contributed by atoms with Crippen LogP contribution in [0.1, 0.15) is 32.3 Å². The number of allylic oxidation sites excluding steroid dienone is 2. The lowest BCUT2D eigenvalue weighted by Crippen LogP contribution is -2.28. The fourth-order valence-corrected chi connectivity index (χ4v) is 6.89. The Bertz CT molecular complexity index is 1930. The molecule has 0 saturated carbocycles. The number of para-hydroxylation sites is 1. The van der Waals surface area contributed by atoms with Gasteiger partial charge in [0.15, 0.2) is 5.71 Å². The van der Waals surface area contributed by atoms with Gasteiger partial charge in [-0.3, -0.25) is 18.7 Å². The summed E-state index contributed by atoms with van der Waals surface area (Å²) >= 11 is 0. The Kier molecular flexibility index (Phi) is 8.38. The molecule has 0 amide bonds. The van der Waals surface area contributed by atoms with Crippen molar-refractivity contribution in [3.05, 3.63) is 72.3 Å². The number of hydrogen-bond acceptors (Lipinski definition) is 7. The summed E-state index contributed by atoms with van der Waals surface area (Å²) in [6, 6.07) is 14.2. The molecular formula is C27H29N2O9S3+. The first-order chi connectivity index (χ1) is 19.0. The van der Waals surface area contributed by atoms with Crippen molar-refractivity contribution in [1.82, 2.24) is 0 Å². The van der Waals surface area contributed by atoms with Crippen molar-refractivity contribution in [3.8, 4) is 0 Å². The highest BCUT2D eigenvalue weighted by Gasteiger charge is 2.46. The molecule has 11 nitrogen and oxygen atoms in total. The first-order valence-electron chi connectivity index (χ1n) is 12.4. The van der Waals surface area contributed by atoms with Crippen molar-refractivity contribution in [3.63, 3.8) is 0 Å². The summed E-state index contributed by atoms with van der Waals surface area (Å²) in [5, 5.41) is 0.217. The van der Waals surface area contributed by atoms with Crippen molar-refractivity contribution in [1.29, 1.82) is 0 Å². The molecule has 0 radical (unpaired) electrons. The quantitative estimate of drug-likeness (QED) is 0.169. The van der Waals surface area contributed by atoms with Gasteiger partial charge in [0.05, 0.1) is 21.8 Å². The largest absolute Gasteiger partial charge is 0.295 e. The zero-order chi connectivity index (χ0) is 30.2. The Hall–Kier alpha value is -3.27. The SMILES string of the molecule is CC1(C)C(C=CCC=Nc2ccccc2)=[N+](CCCS(=O)(=O)O)c2ccc3c(S(=O)(=O)O)cc(S(=O)(=O)O)cc3c21. The van der Waals surface area contributed by atoms with Crippen LogP contribution in [0.3, 0.4) is 0 Å². The monoisotopic (exact) mass is 621 g/mol. The van der Waals surface area contributed by atoms with Gasteiger partial charge in [-0.1, -0.05) is 24.3 Å². The highest BCUT2D eigenvalue weighted by atomic mass is 32.2. The van der Waals surface area contributed by atoms with Crippen LogP contribution in [0.2, 0.25) is 0 Å². The topological polar surface area (TPSA) is 178 Å². The summed E-state index contributed by atoms with van der Waals surface area (Å²) in [5.41, 5.74) is 1.65. The third kappa shape index (κ3) is 6.80. The second-order valence-corrected chi connectivity index (χ2v) is 14.4. The van der Waals surface area contributed by atoms with Crippen molar-refractivity contribution < 1.29 is 43.5 Å². The molecule has 14 heteroatoms. The number of aliphatic imine (C=N–C) groups is 1. The van der Waals surface area contributed by atoms with Gasteiger partial charge in [0.2, 0.25) is 5.69 Å². The number of benzene rings is 3. The second-order valence-electron chi connectivity index (χ2n) is 10.0. The third-order valence-electron chi connectivity index (χ3n) is 6.77. The van der Waals surface area contributed by atoms with Gasteiger partial charge in [0.25, 0.3) is 30.4 Å². The van der Waals surface area contributed by atoms with E-state index in [9.17, 15) is 38.9 Å². The van der Waals surface area contributed by atoms with Crippen LogP contribution in [0.15, 0.2) is 81.5 Å². The van der Waals surface area contributed by atoms with E-state index in [2.05, 4.69) is 4.99 Å². The van der Waals surface area contributed by atoms with Crippen LogP contribution < -0.4 is 0 Å². The maximum absolute atomic E-state index is 12.2. The Morgan fingerprint density at radius 2 is 1.56 bits per heavy atom. The van der Waals surface area contributed by atoms with Gasteiger partial charge in [0, 0.05) is 42.1 Å². The van der Waals surface area contributed by atoms with E-state index >= 15 is 0 Å². The molecule has 3 aromatic rings. The first kappa shape index (κ1) is 30.7. The highest BCUT2D eigenvalue weighted by molar-refractivity contribution is 7.87. The first-order valence-corrected chi connectivity index (χ1v) is 16.9. The minimum absolute atomic E-state index is 0.0461. The van der Waals surface area contributed by atoms with Crippen molar-refractivity contribution in [2.75, 3.05) is 12.3 Å². The van der Waals surface area contributed by atoms with E-state index in [0.29, 0.717) is 29.4 Å². The Labute approximate surface area is 238 Å². The van der Waals surface area contributed by atoms with Crippen LogP contribution in [0.5, 0.6) is 0 Å². The minimum Gasteiger partial charge on any atom is -0.286 e. The van der Waals surface area contributed by atoms with E-state index in [1.165, 1.54) is 6.07 Å². The molecule has 4 rings (SSSR count). The van der Waals surface area contributed by atoms with E-state index in [1.807, 2.05) is 60.9 Å². The van der Waals surface area contributed by atoms with Crippen LogP contribution in [0, 0.1) is 0 Å². The second kappa shape index (κ2) is 11.2. The molecule has 0 bridgehead atoms. The molecule has 0 fully saturated rings. The normalized spacial score (nSPS) is 15.8. The molecule has 3 aromatic carbocycles. The fourth-order valence-electron chi connectivity index (χ4n) is 5.06. The summed E-state index contributed by atoms with van der Waals surface area (Å²) in [4.78, 5) is 3.01. The van der Waals surface area contributed by atoms with Gasteiger partial charge in [-0.05, 0) is 49.6 Å². The lowest BCUT2D eigenvalue weighted by Gasteiger charge is -2.19. The molecule has 0 spiro atoms. The van der Waals surface area contributed by atoms with Gasteiger partial charge >= 0.3 is 0 Å². The molecule has 0 atom stereocenters. The molecule has 0 aromatic heterocycles. The predicted molar refractivity (Wildman–Crippen MR) is 156 cm³/mol. The van der Waals surface area contributed by atoms with Gasteiger partial charge < -0.3 is 0 Å². The van der Waals surface area contributed by atoms with Crippen molar-refractivity contribution in [2.45, 2.75) is 41.9 Å². The number of rotatable bonds is 10. The average Bonchev–Trinajstić information content (AvgIpc) is 3.08. The molecule has 0 unspecified atom stereocenters. The van der Waals surface area contributed by atoms with Gasteiger partial charge in [-0.15, -0.1) is 0 Å². The average molecular weight is 622 g/mol. The molecule has 0 aliphatic carbocycles. The lowest BCUT2D eigenvalue weighted by molar-refractivity contribution is -0.437. The van der Waals surface area contributed by atoms with Crippen LogP contribution >= 0.6 is 0 Å². The summed E-state index contributed by atoms with van der Waals surface area (Å²) in [6.07, 6.45) is 5.90. The Balaban J connectivity index is 1.87. The lowest BCUT2D eigenvalue weighted by atomic mass is 9.79. The highest BCUT2D eigenvalue weighted by Crippen LogP contribution is 2.46. The van der Waals surface area contributed by atoms with Crippen LogP contribution in [0.25, 0.3) is 10.8 Å². The van der Waals surface area contributed by atoms with Gasteiger partial charge in [0.1, 0.15) is 11.4 Å².